The molecule has 18 heavy (non-hydrogen) atoms. The predicted octanol–water partition coefficient (Wildman–Crippen LogP) is 4.27. The van der Waals surface area contributed by atoms with Gasteiger partial charge in [-0.05, 0) is 30.2 Å². The Bertz CT molecular complexity index is 630. The Hall–Kier alpha value is -1.45. The summed E-state index contributed by atoms with van der Waals surface area (Å²) < 4.78 is 40.9. The highest BCUT2D eigenvalue weighted by atomic mass is 19.2. The van der Waals surface area contributed by atoms with Gasteiger partial charge in [0.25, 0.3) is 0 Å². The van der Waals surface area contributed by atoms with E-state index in [-0.39, 0.29) is 16.8 Å². The lowest BCUT2D eigenvalue weighted by atomic mass is 9.81. The minimum Gasteiger partial charge on any atom is -0.356 e. The number of hydrogen-bond donors (Lipinski definition) is 1. The maximum absolute atomic E-state index is 13.9. The van der Waals surface area contributed by atoms with Gasteiger partial charge in [0, 0.05) is 17.1 Å². The van der Waals surface area contributed by atoms with E-state index in [4.69, 9.17) is 0 Å². The number of aromatic amines is 1. The molecule has 1 aromatic carbocycles. The molecule has 0 bridgehead atoms. The SMILES string of the molecule is CC1Cc2[nH]c3c(F)cc(F)c(F)c3c2C(C)C1. The third-order valence-electron chi connectivity index (χ3n) is 3.84. The summed E-state index contributed by atoms with van der Waals surface area (Å²) in [5, 5.41) is 0.0990. The van der Waals surface area contributed by atoms with Crippen LogP contribution in [0.15, 0.2) is 6.07 Å². The second-order valence-electron chi connectivity index (χ2n) is 5.37. The highest BCUT2D eigenvalue weighted by molar-refractivity contribution is 5.86. The van der Waals surface area contributed by atoms with E-state index in [1.54, 1.807) is 0 Å². The van der Waals surface area contributed by atoms with E-state index in [0.717, 1.165) is 24.1 Å². The largest absolute Gasteiger partial charge is 0.356 e. The standard InChI is InChI=1S/C14H14F3N/c1-6-3-7(2)11-10(4-6)18-14-9(16)5-8(15)13(17)12(11)14/h5-7,18H,3-4H2,1-2H3. The summed E-state index contributed by atoms with van der Waals surface area (Å²) in [6.07, 6.45) is 1.67. The fraction of sp³-hybridized carbons (Fsp3) is 0.429. The summed E-state index contributed by atoms with van der Waals surface area (Å²) >= 11 is 0. The molecule has 1 aliphatic carbocycles. The van der Waals surface area contributed by atoms with Gasteiger partial charge in [0.05, 0.1) is 5.52 Å². The molecule has 0 spiro atoms. The van der Waals surface area contributed by atoms with Crippen LogP contribution in [0.2, 0.25) is 0 Å². The molecule has 0 radical (unpaired) electrons. The van der Waals surface area contributed by atoms with Crippen LogP contribution in [0.25, 0.3) is 10.9 Å². The van der Waals surface area contributed by atoms with Crippen LogP contribution in [-0.2, 0) is 6.42 Å². The van der Waals surface area contributed by atoms with Crippen LogP contribution in [0.1, 0.15) is 37.4 Å². The Morgan fingerprint density at radius 3 is 2.61 bits per heavy atom. The lowest BCUT2D eigenvalue weighted by Crippen LogP contribution is -2.14. The maximum atomic E-state index is 13.9. The van der Waals surface area contributed by atoms with Gasteiger partial charge in [-0.1, -0.05) is 13.8 Å². The minimum atomic E-state index is -1.12. The van der Waals surface area contributed by atoms with E-state index in [1.165, 1.54) is 0 Å². The topological polar surface area (TPSA) is 15.8 Å². The fourth-order valence-electron chi connectivity index (χ4n) is 3.20. The first-order chi connectivity index (χ1) is 8.49. The molecule has 0 amide bonds. The van der Waals surface area contributed by atoms with Gasteiger partial charge in [0.15, 0.2) is 11.6 Å². The number of H-pyrrole nitrogens is 1. The van der Waals surface area contributed by atoms with Gasteiger partial charge in [-0.25, -0.2) is 13.2 Å². The zero-order valence-electron chi connectivity index (χ0n) is 10.3. The van der Waals surface area contributed by atoms with Crippen molar-refractivity contribution in [2.75, 3.05) is 0 Å². The number of nitrogens with one attached hydrogen (secondary N) is 1. The first-order valence-corrected chi connectivity index (χ1v) is 6.17. The highest BCUT2D eigenvalue weighted by Gasteiger charge is 2.29. The third kappa shape index (κ3) is 1.48. The third-order valence-corrected chi connectivity index (χ3v) is 3.84. The molecule has 0 aliphatic heterocycles. The van der Waals surface area contributed by atoms with Gasteiger partial charge in [-0.15, -0.1) is 0 Å². The van der Waals surface area contributed by atoms with Crippen molar-refractivity contribution >= 4 is 10.9 Å². The molecule has 2 aromatic rings. The van der Waals surface area contributed by atoms with Crippen molar-refractivity contribution in [1.29, 1.82) is 0 Å². The fourth-order valence-corrected chi connectivity index (χ4v) is 3.20. The van der Waals surface area contributed by atoms with Crippen LogP contribution < -0.4 is 0 Å². The summed E-state index contributed by atoms with van der Waals surface area (Å²) in [4.78, 5) is 2.93. The van der Waals surface area contributed by atoms with Crippen molar-refractivity contribution in [2.24, 2.45) is 5.92 Å². The lowest BCUT2D eigenvalue weighted by Gasteiger charge is -2.24. The molecule has 0 fully saturated rings. The Balaban J connectivity index is 2.39. The van der Waals surface area contributed by atoms with Gasteiger partial charge in [0.2, 0.25) is 0 Å². The molecule has 3 rings (SSSR count). The van der Waals surface area contributed by atoms with Crippen LogP contribution in [0.5, 0.6) is 0 Å². The molecule has 0 saturated carbocycles. The molecule has 1 nitrogen and oxygen atoms in total. The van der Waals surface area contributed by atoms with Crippen LogP contribution in [0.4, 0.5) is 13.2 Å². The van der Waals surface area contributed by atoms with E-state index < -0.39 is 17.5 Å². The first-order valence-electron chi connectivity index (χ1n) is 6.17. The van der Waals surface area contributed by atoms with E-state index in [9.17, 15) is 13.2 Å². The monoisotopic (exact) mass is 253 g/mol. The molecule has 1 heterocycles. The Labute approximate surface area is 103 Å². The summed E-state index contributed by atoms with van der Waals surface area (Å²) in [5.74, 6) is -2.19. The molecule has 1 aliphatic rings. The maximum Gasteiger partial charge on any atom is 0.168 e. The van der Waals surface area contributed by atoms with Gasteiger partial charge < -0.3 is 4.98 Å². The Kier molecular flexibility index (Phi) is 2.44. The van der Waals surface area contributed by atoms with Crippen LogP contribution >= 0.6 is 0 Å². The Morgan fingerprint density at radius 2 is 1.89 bits per heavy atom. The van der Waals surface area contributed by atoms with Gasteiger partial charge in [-0.2, -0.15) is 0 Å². The number of rotatable bonds is 0. The summed E-state index contributed by atoms with van der Waals surface area (Å²) in [6.45, 7) is 4.09. The molecular weight excluding hydrogens is 239 g/mol. The molecule has 96 valence electrons. The smallest absolute Gasteiger partial charge is 0.168 e. The van der Waals surface area contributed by atoms with Crippen molar-refractivity contribution in [3.8, 4) is 0 Å². The number of benzene rings is 1. The van der Waals surface area contributed by atoms with Gasteiger partial charge in [-0.3, -0.25) is 0 Å². The van der Waals surface area contributed by atoms with Gasteiger partial charge >= 0.3 is 0 Å². The predicted molar refractivity (Wildman–Crippen MR) is 64.1 cm³/mol. The van der Waals surface area contributed by atoms with Crippen molar-refractivity contribution in [2.45, 2.75) is 32.6 Å². The van der Waals surface area contributed by atoms with Crippen LogP contribution in [-0.4, -0.2) is 4.98 Å². The summed E-state index contributed by atoms with van der Waals surface area (Å²) in [7, 11) is 0. The second kappa shape index (κ2) is 3.77. The average molecular weight is 253 g/mol. The van der Waals surface area contributed by atoms with E-state index in [2.05, 4.69) is 11.9 Å². The van der Waals surface area contributed by atoms with E-state index in [1.807, 2.05) is 6.92 Å². The van der Waals surface area contributed by atoms with Crippen molar-refractivity contribution in [3.63, 3.8) is 0 Å². The second-order valence-corrected chi connectivity index (χ2v) is 5.37. The number of halogens is 3. The number of hydrogen-bond acceptors (Lipinski definition) is 0. The summed E-state index contributed by atoms with van der Waals surface area (Å²) in [6, 6.07) is 0.605. The Morgan fingerprint density at radius 1 is 1.17 bits per heavy atom. The van der Waals surface area contributed by atoms with Crippen LogP contribution in [0, 0.1) is 23.4 Å². The van der Waals surface area contributed by atoms with E-state index >= 15 is 0 Å². The van der Waals surface area contributed by atoms with Crippen LogP contribution in [0.3, 0.4) is 0 Å². The van der Waals surface area contributed by atoms with Crippen molar-refractivity contribution in [1.82, 2.24) is 4.98 Å². The molecule has 2 unspecified atom stereocenters. The number of aromatic nitrogens is 1. The van der Waals surface area contributed by atoms with Gasteiger partial charge in [0.1, 0.15) is 5.82 Å². The van der Waals surface area contributed by atoms with Crippen molar-refractivity contribution < 1.29 is 13.2 Å². The first kappa shape index (κ1) is 11.6. The number of fused-ring (bicyclic) bond motifs is 3. The molecule has 4 heteroatoms. The average Bonchev–Trinajstić information content (AvgIpc) is 2.66. The highest BCUT2D eigenvalue weighted by Crippen LogP contribution is 2.41. The molecule has 0 saturated heterocycles. The zero-order valence-corrected chi connectivity index (χ0v) is 10.3. The quantitative estimate of drug-likeness (QED) is 0.675. The van der Waals surface area contributed by atoms with Crippen molar-refractivity contribution in [3.05, 3.63) is 34.8 Å². The lowest BCUT2D eigenvalue weighted by molar-refractivity contribution is 0.446. The van der Waals surface area contributed by atoms with E-state index in [0.29, 0.717) is 12.0 Å². The zero-order chi connectivity index (χ0) is 13.0. The molecular formula is C14H14F3N. The molecule has 1 aromatic heterocycles. The summed E-state index contributed by atoms with van der Waals surface area (Å²) in [5.41, 5.74) is 1.69. The molecule has 2 atom stereocenters. The minimum absolute atomic E-state index is 0.0971. The molecule has 1 N–H and O–H groups in total. The normalized spacial score (nSPS) is 23.4.